The summed E-state index contributed by atoms with van der Waals surface area (Å²) in [7, 11) is 0. The summed E-state index contributed by atoms with van der Waals surface area (Å²) >= 11 is 11.7. The zero-order valence-corrected chi connectivity index (χ0v) is 14.4. The van der Waals surface area contributed by atoms with E-state index in [-0.39, 0.29) is 10.8 Å². The van der Waals surface area contributed by atoms with Gasteiger partial charge < -0.3 is 9.84 Å². The third kappa shape index (κ3) is 4.63. The molecule has 0 unspecified atom stereocenters. The zero-order chi connectivity index (χ0) is 17.5. The summed E-state index contributed by atoms with van der Waals surface area (Å²) < 4.78 is 5.54. The Kier molecular flexibility index (Phi) is 6.46. The van der Waals surface area contributed by atoms with Gasteiger partial charge in [-0.1, -0.05) is 42.3 Å². The number of nitrogens with zero attached hydrogens (tertiary/aromatic N) is 1. The molecule has 2 aromatic carbocycles. The van der Waals surface area contributed by atoms with E-state index in [0.717, 1.165) is 6.42 Å². The molecule has 24 heavy (non-hydrogen) atoms. The highest BCUT2D eigenvalue weighted by atomic mass is 35.5. The van der Waals surface area contributed by atoms with Crippen molar-refractivity contribution in [3.8, 4) is 11.5 Å². The van der Waals surface area contributed by atoms with Gasteiger partial charge in [0.2, 0.25) is 0 Å². The lowest BCUT2D eigenvalue weighted by molar-refractivity contribution is 0.0951. The number of aromatic hydroxyl groups is 1. The third-order valence-corrected chi connectivity index (χ3v) is 3.53. The molecule has 0 spiro atoms. The first kappa shape index (κ1) is 18.1. The van der Waals surface area contributed by atoms with Crippen LogP contribution < -0.4 is 10.2 Å². The van der Waals surface area contributed by atoms with Crippen LogP contribution in [0.1, 0.15) is 29.3 Å². The quantitative estimate of drug-likeness (QED) is 0.592. The number of benzene rings is 2. The summed E-state index contributed by atoms with van der Waals surface area (Å²) in [4.78, 5) is 12.2. The number of nitrogens with one attached hydrogen (secondary N) is 1. The number of ether oxygens (including phenoxy) is 1. The van der Waals surface area contributed by atoms with Crippen molar-refractivity contribution in [2.45, 2.75) is 13.3 Å². The van der Waals surface area contributed by atoms with Gasteiger partial charge in [-0.3, -0.25) is 4.79 Å². The van der Waals surface area contributed by atoms with E-state index in [0.29, 0.717) is 28.5 Å². The van der Waals surface area contributed by atoms with Crippen LogP contribution in [0.15, 0.2) is 41.5 Å². The van der Waals surface area contributed by atoms with E-state index >= 15 is 0 Å². The highest BCUT2D eigenvalue weighted by molar-refractivity contribution is 6.36. The number of carbonyl (C=O) groups excluding carboxylic acids is 1. The largest absolute Gasteiger partial charge is 0.506 e. The number of carbonyl (C=O) groups is 1. The highest BCUT2D eigenvalue weighted by Gasteiger charge is 2.11. The summed E-state index contributed by atoms with van der Waals surface area (Å²) in [6, 6.07) is 9.78. The van der Waals surface area contributed by atoms with Crippen LogP contribution in [0.2, 0.25) is 10.0 Å². The summed E-state index contributed by atoms with van der Waals surface area (Å²) in [5, 5.41) is 14.1. The molecule has 0 fully saturated rings. The Morgan fingerprint density at radius 3 is 2.83 bits per heavy atom. The van der Waals surface area contributed by atoms with Crippen molar-refractivity contribution in [2.75, 3.05) is 6.61 Å². The van der Waals surface area contributed by atoms with Crippen molar-refractivity contribution in [3.05, 3.63) is 57.6 Å². The smallest absolute Gasteiger partial charge is 0.275 e. The molecule has 0 bridgehead atoms. The monoisotopic (exact) mass is 366 g/mol. The molecule has 126 valence electrons. The van der Waals surface area contributed by atoms with E-state index in [9.17, 15) is 9.90 Å². The molecule has 0 aliphatic carbocycles. The molecule has 2 aromatic rings. The molecular weight excluding hydrogens is 351 g/mol. The van der Waals surface area contributed by atoms with Crippen molar-refractivity contribution in [2.24, 2.45) is 5.10 Å². The minimum absolute atomic E-state index is 0.105. The number of hydrogen-bond acceptors (Lipinski definition) is 4. The van der Waals surface area contributed by atoms with Gasteiger partial charge in [-0.2, -0.15) is 5.10 Å². The van der Waals surface area contributed by atoms with Gasteiger partial charge in [-0.25, -0.2) is 5.43 Å². The molecule has 0 aliphatic heterocycles. The maximum atomic E-state index is 12.2. The summed E-state index contributed by atoms with van der Waals surface area (Å²) in [5.41, 5.74) is 3.05. The molecule has 0 heterocycles. The first-order valence-electron chi connectivity index (χ1n) is 7.26. The third-order valence-electron chi connectivity index (χ3n) is 3.02. The molecule has 2 N–H and O–H groups in total. The van der Waals surface area contributed by atoms with Gasteiger partial charge in [0.05, 0.1) is 23.4 Å². The SMILES string of the molecule is CCCOc1ccccc1C(=O)NN=Cc1cc(Cl)cc(Cl)c1O. The van der Waals surface area contributed by atoms with Crippen LogP contribution in [-0.4, -0.2) is 23.8 Å². The molecule has 0 aromatic heterocycles. The molecule has 0 radical (unpaired) electrons. The first-order chi connectivity index (χ1) is 11.5. The maximum absolute atomic E-state index is 12.2. The molecule has 0 aliphatic rings. The van der Waals surface area contributed by atoms with Gasteiger partial charge in [0.1, 0.15) is 11.5 Å². The molecule has 0 saturated heterocycles. The molecular formula is C17H16Cl2N2O3. The van der Waals surface area contributed by atoms with E-state index in [4.69, 9.17) is 27.9 Å². The Morgan fingerprint density at radius 2 is 2.08 bits per heavy atom. The standard InChI is InChI=1S/C17H16Cl2N2O3/c1-2-7-24-15-6-4-3-5-13(15)17(23)21-20-10-11-8-12(18)9-14(19)16(11)22/h3-6,8-10,22H,2,7H2,1H3,(H,21,23). The molecule has 0 atom stereocenters. The van der Waals surface area contributed by atoms with E-state index < -0.39 is 5.91 Å². The van der Waals surface area contributed by atoms with Crippen molar-refractivity contribution in [1.82, 2.24) is 5.43 Å². The van der Waals surface area contributed by atoms with Crippen LogP contribution in [0.3, 0.4) is 0 Å². The number of para-hydroxylation sites is 1. The number of hydrazone groups is 1. The van der Waals surface area contributed by atoms with E-state index in [1.54, 1.807) is 24.3 Å². The van der Waals surface area contributed by atoms with Crippen LogP contribution in [0, 0.1) is 0 Å². The zero-order valence-electron chi connectivity index (χ0n) is 12.9. The fourth-order valence-electron chi connectivity index (χ4n) is 1.90. The van der Waals surface area contributed by atoms with Crippen molar-refractivity contribution >= 4 is 35.3 Å². The lowest BCUT2D eigenvalue weighted by atomic mass is 10.2. The second kappa shape index (κ2) is 8.57. The van der Waals surface area contributed by atoms with E-state index in [1.165, 1.54) is 18.3 Å². The minimum Gasteiger partial charge on any atom is -0.506 e. The predicted molar refractivity (Wildman–Crippen MR) is 95.4 cm³/mol. The molecule has 2 rings (SSSR count). The fourth-order valence-corrected chi connectivity index (χ4v) is 2.41. The second-order valence-corrected chi connectivity index (χ2v) is 5.71. The molecule has 0 saturated carbocycles. The van der Waals surface area contributed by atoms with Gasteiger partial charge in [-0.15, -0.1) is 0 Å². The van der Waals surface area contributed by atoms with Crippen LogP contribution in [0.4, 0.5) is 0 Å². The summed E-state index contributed by atoms with van der Waals surface area (Å²) in [6.07, 6.45) is 2.10. The number of amides is 1. The molecule has 5 nitrogen and oxygen atoms in total. The van der Waals surface area contributed by atoms with E-state index in [1.807, 2.05) is 6.92 Å². The summed E-state index contributed by atoms with van der Waals surface area (Å²) in [6.45, 7) is 2.50. The van der Waals surface area contributed by atoms with Crippen LogP contribution in [0.5, 0.6) is 11.5 Å². The Morgan fingerprint density at radius 1 is 1.33 bits per heavy atom. The average Bonchev–Trinajstić information content (AvgIpc) is 2.57. The molecule has 1 amide bonds. The number of halogens is 2. The van der Waals surface area contributed by atoms with Crippen molar-refractivity contribution in [3.63, 3.8) is 0 Å². The number of rotatable bonds is 6. The van der Waals surface area contributed by atoms with Gasteiger partial charge in [0.15, 0.2) is 0 Å². The minimum atomic E-state index is -0.425. The highest BCUT2D eigenvalue weighted by Crippen LogP contribution is 2.29. The topological polar surface area (TPSA) is 70.9 Å². The van der Waals surface area contributed by atoms with Crippen molar-refractivity contribution in [1.29, 1.82) is 0 Å². The Labute approximate surface area is 149 Å². The van der Waals surface area contributed by atoms with Crippen LogP contribution in [0.25, 0.3) is 0 Å². The molecule has 7 heteroatoms. The lowest BCUT2D eigenvalue weighted by Crippen LogP contribution is -2.18. The van der Waals surface area contributed by atoms with Gasteiger partial charge in [-0.05, 0) is 30.7 Å². The van der Waals surface area contributed by atoms with Crippen molar-refractivity contribution < 1.29 is 14.6 Å². The number of hydrogen-bond donors (Lipinski definition) is 2. The predicted octanol–water partition coefficient (Wildman–Crippen LogP) is 4.25. The lowest BCUT2D eigenvalue weighted by Gasteiger charge is -2.09. The van der Waals surface area contributed by atoms with Gasteiger partial charge in [0.25, 0.3) is 5.91 Å². The number of phenols is 1. The van der Waals surface area contributed by atoms with Crippen LogP contribution in [-0.2, 0) is 0 Å². The van der Waals surface area contributed by atoms with E-state index in [2.05, 4.69) is 10.5 Å². The Bertz CT molecular complexity index is 763. The maximum Gasteiger partial charge on any atom is 0.275 e. The second-order valence-electron chi connectivity index (χ2n) is 4.87. The van der Waals surface area contributed by atoms with Crippen LogP contribution >= 0.6 is 23.2 Å². The normalized spacial score (nSPS) is 10.8. The Balaban J connectivity index is 2.11. The first-order valence-corrected chi connectivity index (χ1v) is 8.01. The van der Waals surface area contributed by atoms with Gasteiger partial charge in [0, 0.05) is 10.6 Å². The average molecular weight is 367 g/mol. The van der Waals surface area contributed by atoms with Gasteiger partial charge >= 0.3 is 0 Å². The number of phenolic OH excluding ortho intramolecular Hbond substituents is 1. The Hall–Kier alpha value is -2.24. The fraction of sp³-hybridized carbons (Fsp3) is 0.176. The summed E-state index contributed by atoms with van der Waals surface area (Å²) in [5.74, 6) is -0.1000.